The van der Waals surface area contributed by atoms with E-state index in [1.165, 1.54) is 60.8 Å². The van der Waals surface area contributed by atoms with Crippen molar-refractivity contribution in [2.24, 2.45) is 4.99 Å². The van der Waals surface area contributed by atoms with Crippen LogP contribution in [-0.2, 0) is 46.9 Å². The van der Waals surface area contributed by atoms with Crippen molar-refractivity contribution in [2.75, 3.05) is 39.6 Å². The number of nitrogens with zero attached hydrogens (tertiary/aromatic N) is 3. The number of amidine groups is 1. The Hall–Kier alpha value is -5.95. The monoisotopic (exact) mass is 1560 g/mol. The predicted molar refractivity (Wildman–Crippen MR) is 355 cm³/mol. The molecular weight excluding hydrogens is 1480 g/mol. The Balaban J connectivity index is 0.000000331. The van der Waals surface area contributed by atoms with E-state index in [2.05, 4.69) is 147 Å². The van der Waals surface area contributed by atoms with Crippen molar-refractivity contribution >= 4 is 63.1 Å². The summed E-state index contributed by atoms with van der Waals surface area (Å²) in [7, 11) is -1.08. The molecule has 7 aromatic carbocycles. The second-order valence-corrected chi connectivity index (χ2v) is 30.8. The minimum Gasteiger partial charge on any atom is -0.672 e. The van der Waals surface area contributed by atoms with Crippen molar-refractivity contribution in [1.29, 1.82) is 0 Å². The van der Waals surface area contributed by atoms with Gasteiger partial charge in [-0.2, -0.15) is 0 Å². The van der Waals surface area contributed by atoms with Crippen LogP contribution in [0.3, 0.4) is 0 Å². The number of benzene rings is 7. The smallest absolute Gasteiger partial charge is 0.672 e. The predicted octanol–water partition coefficient (Wildman–Crippen LogP) is 19.5. The van der Waals surface area contributed by atoms with Crippen LogP contribution in [0.4, 0.5) is 99.2 Å². The zero-order valence-electron chi connectivity index (χ0n) is 57.6. The first kappa shape index (κ1) is 87.5. The second-order valence-electron chi connectivity index (χ2n) is 25.2. The molecule has 0 bridgehead atoms. The number of rotatable bonds is 13. The van der Waals surface area contributed by atoms with Gasteiger partial charge in [0.05, 0.1) is 0 Å². The van der Waals surface area contributed by atoms with Crippen LogP contribution in [0.5, 0.6) is 0 Å². The first-order valence-corrected chi connectivity index (χ1v) is 38.0. The van der Waals surface area contributed by atoms with Crippen molar-refractivity contribution in [3.63, 3.8) is 0 Å². The normalized spacial score (nSPS) is 13.7. The summed E-state index contributed by atoms with van der Waals surface area (Å²) in [4.78, 5) is 5.32. The third-order valence-electron chi connectivity index (χ3n) is 15.9. The Bertz CT molecular complexity index is 3470. The molecule has 3 saturated heterocycles. The Labute approximate surface area is 603 Å². The van der Waals surface area contributed by atoms with E-state index >= 15 is 35.1 Å². The number of hydrogen-bond donors (Lipinski definition) is 0. The fraction of sp³-hybridized carbons (Fsp3) is 0.394. The molecule has 0 radical (unpaired) electrons. The van der Waals surface area contributed by atoms with Crippen LogP contribution in [0.25, 0.3) is 9.96 Å². The molecule has 0 unspecified atom stereocenters. The maximum absolute atomic E-state index is 15.4. The summed E-state index contributed by atoms with van der Waals surface area (Å²) >= 11 is 0. The van der Waals surface area contributed by atoms with E-state index in [0.29, 0.717) is 23.7 Å². The molecule has 3 fully saturated rings. The van der Waals surface area contributed by atoms with Gasteiger partial charge in [-0.1, -0.05) is 172 Å². The zero-order valence-corrected chi connectivity index (χ0v) is 62.7. The zero-order chi connectivity index (χ0) is 74.9. The molecule has 0 N–H and O–H groups in total. The van der Waals surface area contributed by atoms with Crippen LogP contribution < -0.4 is 21.9 Å². The van der Waals surface area contributed by atoms with E-state index < -0.39 is 162 Å². The molecule has 3 aliphatic heterocycles. The standard InChI is InChI=1S/C31H39N2.C24BF20.C4H14NSi2.3C4H8O.Y/c1-20(2)25-16-12-17-26(21(3)4)29(25)32-31(24-14-10-9-11-15-24)33-30-27(22(5)6)18-13-19-28(30)23(7)8;26-5-1(6(27)14(35)21(42)13(5)34)25(2-7(28)15(36)22(43)16(37)8(2)29,3-9(30)17(38)23(44)18(39)10(3)31)4-11(32)19(40)24(45)20(41)12(4)33;1-6(2)5-7(3)4;3*1-2-4-5-3-1;/h9-23H,1-8H3;;6-7H,1-4H3;3*1-4H2;/q3*-1;;;;+3. The van der Waals surface area contributed by atoms with Gasteiger partial charge in [0, 0.05) is 39.6 Å². The number of hydrogen-bond acceptors (Lipinski definition) is 4. The number of aliphatic imine (C=N–C) groups is 1. The molecule has 3 heterocycles. The van der Waals surface area contributed by atoms with Crippen molar-refractivity contribution in [2.45, 2.75) is 144 Å². The fourth-order valence-electron chi connectivity index (χ4n) is 11.2. The van der Waals surface area contributed by atoms with E-state index in [1.54, 1.807) is 0 Å². The molecule has 0 amide bonds. The van der Waals surface area contributed by atoms with Crippen LogP contribution in [-0.4, -0.2) is 69.5 Å². The molecule has 7 aromatic rings. The van der Waals surface area contributed by atoms with Crippen molar-refractivity contribution < 1.29 is 135 Å². The number of ether oxygens (including phenoxy) is 3. The summed E-state index contributed by atoms with van der Waals surface area (Å²) in [6, 6.07) is 23.6. The summed E-state index contributed by atoms with van der Waals surface area (Å²) in [6.07, 6.45) is 0.450. The molecular formula is C71H77BF20N3O3Si2Y. The largest absolute Gasteiger partial charge is 3.00 e. The molecule has 6 nitrogen and oxygen atoms in total. The van der Waals surface area contributed by atoms with Crippen molar-refractivity contribution in [3.8, 4) is 0 Å². The van der Waals surface area contributed by atoms with Crippen LogP contribution in [0, 0.1) is 116 Å². The first-order valence-electron chi connectivity index (χ1n) is 32.3. The molecule has 3 aliphatic rings. The molecule has 0 atom stereocenters. The molecule has 101 heavy (non-hydrogen) atoms. The van der Waals surface area contributed by atoms with Crippen LogP contribution in [0.15, 0.2) is 71.7 Å². The van der Waals surface area contributed by atoms with E-state index in [4.69, 9.17) is 24.5 Å². The maximum atomic E-state index is 15.4. The van der Waals surface area contributed by atoms with E-state index in [1.807, 2.05) is 6.07 Å². The van der Waals surface area contributed by atoms with Gasteiger partial charge >= 0.3 is 32.7 Å². The van der Waals surface area contributed by atoms with Gasteiger partial charge in [0.25, 0.3) is 0 Å². The van der Waals surface area contributed by atoms with Gasteiger partial charge in [-0.05, 0) is 101 Å². The average molecular weight is 1560 g/mol. The van der Waals surface area contributed by atoms with Crippen LogP contribution in [0.2, 0.25) is 26.2 Å². The third kappa shape index (κ3) is 20.5. The maximum Gasteiger partial charge on any atom is 3.00 e. The van der Waals surface area contributed by atoms with E-state index in [9.17, 15) is 52.7 Å². The van der Waals surface area contributed by atoms with E-state index in [-0.39, 0.29) is 32.7 Å². The molecule has 0 aromatic heterocycles. The van der Waals surface area contributed by atoms with Gasteiger partial charge in [0.15, 0.2) is 69.8 Å². The summed E-state index contributed by atoms with van der Waals surface area (Å²) in [5, 5.41) is 5.32. The molecule has 0 saturated carbocycles. The third-order valence-corrected chi connectivity index (χ3v) is 20.7. The van der Waals surface area contributed by atoms with Gasteiger partial charge in [-0.15, -0.1) is 21.9 Å². The minimum absolute atomic E-state index is 0. The molecule has 0 spiro atoms. The van der Waals surface area contributed by atoms with Crippen LogP contribution >= 0.6 is 0 Å². The van der Waals surface area contributed by atoms with E-state index in [0.717, 1.165) is 62.4 Å². The Morgan fingerprint density at radius 3 is 0.762 bits per heavy atom. The fourth-order valence-corrected chi connectivity index (χ4v) is 16.0. The van der Waals surface area contributed by atoms with Crippen molar-refractivity contribution in [1.82, 2.24) is 0 Å². The summed E-state index contributed by atoms with van der Waals surface area (Å²) < 4.78 is 313. The molecule has 0 aliphatic carbocycles. The first-order chi connectivity index (χ1) is 47.0. The van der Waals surface area contributed by atoms with Gasteiger partial charge in [-0.3, -0.25) is 0 Å². The van der Waals surface area contributed by atoms with Crippen molar-refractivity contribution in [3.05, 3.63) is 221 Å². The topological polar surface area (TPSA) is 68.2 Å². The Morgan fingerprint density at radius 2 is 0.564 bits per heavy atom. The Kier molecular flexibility index (Phi) is 34.5. The van der Waals surface area contributed by atoms with Gasteiger partial charge < -0.3 is 29.2 Å². The average Bonchev–Trinajstić information content (AvgIpc) is 0.824. The minimum atomic E-state index is -7.22. The Morgan fingerprint density at radius 1 is 0.337 bits per heavy atom. The molecule has 10 rings (SSSR count). The SMILES string of the molecule is C1CCOC1.C1CCOC1.C1CCOC1.CC(C)c1cccc(C(C)C)c1N=C([N-]c1c(C(C)C)cccc1C(C)C)c1ccccc1.C[SiH](C)[N-][SiH](C)C.Fc1c(F)c(F)c([B-](c2c(F)c(F)c(F)c(F)c2F)(c2c(F)c(F)c(F)c(F)c2F)c2c(F)c(F)c(F)c(F)c2F)c(F)c1F.[Y+3]. The summed E-state index contributed by atoms with van der Waals surface area (Å²) in [6.45, 7) is 33.0. The second kappa shape index (κ2) is 39.8. The number of para-hydroxylation sites is 2. The van der Waals surface area contributed by atoms with Gasteiger partial charge in [0.2, 0.25) is 0 Å². The van der Waals surface area contributed by atoms with Gasteiger partial charge in [0.1, 0.15) is 52.7 Å². The van der Waals surface area contributed by atoms with Crippen LogP contribution in [0.1, 0.15) is 145 Å². The molecule has 548 valence electrons. The summed E-state index contributed by atoms with van der Waals surface area (Å²) in [5.74, 6) is -69.1. The molecule has 30 heteroatoms. The number of halogens is 20. The summed E-state index contributed by atoms with van der Waals surface area (Å²) in [5.41, 5.74) is -6.08. The van der Waals surface area contributed by atoms with Gasteiger partial charge in [-0.25, -0.2) is 87.8 Å². The quantitative estimate of drug-likeness (QED) is 0.0288.